The minimum Gasteiger partial charge on any atom is -0.465 e. The number of hydrogen-bond acceptors (Lipinski definition) is 6. The smallest absolute Gasteiger partial charge is 0.313 e. The van der Waals surface area contributed by atoms with E-state index >= 15 is 0 Å². The number of nitrogens with zero attached hydrogens (tertiary/aromatic N) is 2. The maximum absolute atomic E-state index is 14.8. The Morgan fingerprint density at radius 3 is 2.51 bits per heavy atom. The van der Waals surface area contributed by atoms with E-state index in [4.69, 9.17) is 9.47 Å². The van der Waals surface area contributed by atoms with Crippen LogP contribution in [0.1, 0.15) is 40.0 Å². The number of anilines is 1. The van der Waals surface area contributed by atoms with E-state index in [2.05, 4.69) is 0 Å². The Hall–Kier alpha value is -3.49. The predicted octanol–water partition coefficient (Wildman–Crippen LogP) is 4.01. The highest BCUT2D eigenvalue weighted by Crippen LogP contribution is 2.59. The zero-order chi connectivity index (χ0) is 28.9. The number of amides is 2. The van der Waals surface area contributed by atoms with Gasteiger partial charge in [-0.25, -0.2) is 0 Å². The molecule has 0 aliphatic carbocycles. The molecule has 0 radical (unpaired) electrons. The third-order valence-corrected chi connectivity index (χ3v) is 9.73. The molecule has 6 rings (SSSR count). The van der Waals surface area contributed by atoms with Gasteiger partial charge in [0, 0.05) is 12.2 Å². The van der Waals surface area contributed by atoms with E-state index in [1.54, 1.807) is 9.80 Å². The van der Waals surface area contributed by atoms with Crippen molar-refractivity contribution in [3.63, 3.8) is 0 Å². The highest BCUT2D eigenvalue weighted by Gasteiger charge is 2.76. The predicted molar refractivity (Wildman–Crippen MR) is 155 cm³/mol. The van der Waals surface area contributed by atoms with Crippen molar-refractivity contribution in [3.8, 4) is 0 Å². The van der Waals surface area contributed by atoms with Gasteiger partial charge in [0.25, 0.3) is 5.91 Å². The first kappa shape index (κ1) is 27.7. The summed E-state index contributed by atoms with van der Waals surface area (Å²) in [4.78, 5) is 46.2. The standard InChI is InChI=1S/C33H38N2O6/c1-4-21(3)25(20-36)35-28-30(38)34(24-14-13-22-11-6-7-12-23(22)19-24)17-10-16-33(28)26(29(35)37)27-31(39)40-18-9-8-15-32(27,5-2)41-33/h6-8,10-16,19,21,25-28,36H,4-5,9,17-18,20H2,1-3H3/t21-,25-,26-,27+,28?,32-,33-/m0/s1. The van der Waals surface area contributed by atoms with Crippen molar-refractivity contribution in [3.05, 3.63) is 66.8 Å². The lowest BCUT2D eigenvalue weighted by atomic mass is 9.73. The highest BCUT2D eigenvalue weighted by molar-refractivity contribution is 6.06. The molecule has 2 amide bonds. The van der Waals surface area contributed by atoms with Crippen molar-refractivity contribution in [2.75, 3.05) is 24.7 Å². The van der Waals surface area contributed by atoms with E-state index < -0.39 is 41.1 Å². The van der Waals surface area contributed by atoms with Crippen LogP contribution in [0, 0.1) is 17.8 Å². The third kappa shape index (κ3) is 4.06. The van der Waals surface area contributed by atoms with Crippen LogP contribution in [-0.2, 0) is 23.9 Å². The summed E-state index contributed by atoms with van der Waals surface area (Å²) in [6, 6.07) is 12.2. The molecule has 0 aromatic heterocycles. The maximum atomic E-state index is 14.8. The first-order chi connectivity index (χ1) is 19.8. The number of aliphatic hydroxyl groups excluding tert-OH is 1. The molecular weight excluding hydrogens is 520 g/mol. The van der Waals surface area contributed by atoms with Crippen LogP contribution < -0.4 is 4.90 Å². The molecule has 216 valence electrons. The molecule has 7 atom stereocenters. The average Bonchev–Trinajstić information content (AvgIpc) is 3.33. The molecule has 0 bridgehead atoms. The van der Waals surface area contributed by atoms with Crippen LogP contribution in [0.5, 0.6) is 0 Å². The minimum absolute atomic E-state index is 0.0888. The molecule has 4 heterocycles. The van der Waals surface area contributed by atoms with Gasteiger partial charge in [-0.05, 0) is 41.7 Å². The van der Waals surface area contributed by atoms with Gasteiger partial charge in [0.2, 0.25) is 5.91 Å². The number of cyclic esters (lactones) is 1. The zero-order valence-electron chi connectivity index (χ0n) is 23.9. The van der Waals surface area contributed by atoms with Gasteiger partial charge in [0.05, 0.1) is 25.2 Å². The number of carbonyl (C=O) groups is 3. The Labute approximate surface area is 240 Å². The number of ether oxygens (including phenoxy) is 2. The molecule has 2 saturated heterocycles. The summed E-state index contributed by atoms with van der Waals surface area (Å²) in [5.74, 6) is -3.08. The summed E-state index contributed by atoms with van der Waals surface area (Å²) in [6.07, 6.45) is 9.26. The Morgan fingerprint density at radius 2 is 1.78 bits per heavy atom. The maximum Gasteiger partial charge on any atom is 0.313 e. The Balaban J connectivity index is 1.53. The fourth-order valence-corrected chi connectivity index (χ4v) is 7.42. The van der Waals surface area contributed by atoms with Crippen LogP contribution in [0.25, 0.3) is 10.8 Å². The average molecular weight is 559 g/mol. The number of esters is 1. The molecule has 2 aromatic carbocycles. The second kappa shape index (κ2) is 10.4. The van der Waals surface area contributed by atoms with Gasteiger partial charge < -0.3 is 24.4 Å². The summed E-state index contributed by atoms with van der Waals surface area (Å²) < 4.78 is 12.6. The molecule has 8 nitrogen and oxygen atoms in total. The number of benzene rings is 2. The summed E-state index contributed by atoms with van der Waals surface area (Å²) in [6.45, 7) is 6.10. The van der Waals surface area contributed by atoms with Crippen molar-refractivity contribution in [2.24, 2.45) is 17.8 Å². The van der Waals surface area contributed by atoms with Crippen molar-refractivity contribution in [2.45, 2.75) is 63.3 Å². The van der Waals surface area contributed by atoms with Gasteiger partial charge in [-0.15, -0.1) is 0 Å². The first-order valence-electron chi connectivity index (χ1n) is 14.8. The van der Waals surface area contributed by atoms with Gasteiger partial charge in [-0.2, -0.15) is 0 Å². The largest absolute Gasteiger partial charge is 0.465 e. The lowest BCUT2D eigenvalue weighted by molar-refractivity contribution is -0.162. The normalized spacial score (nSPS) is 32.6. The van der Waals surface area contributed by atoms with Crippen LogP contribution in [0.3, 0.4) is 0 Å². The molecule has 41 heavy (non-hydrogen) atoms. The molecule has 1 N–H and O–H groups in total. The summed E-state index contributed by atoms with van der Waals surface area (Å²) >= 11 is 0. The number of carbonyl (C=O) groups excluding carboxylic acids is 3. The molecule has 1 unspecified atom stereocenters. The molecular formula is C33H38N2O6. The van der Waals surface area contributed by atoms with Gasteiger partial charge in [0.1, 0.15) is 23.2 Å². The molecule has 1 spiro atoms. The van der Waals surface area contributed by atoms with Gasteiger partial charge in [-0.1, -0.05) is 81.8 Å². The third-order valence-electron chi connectivity index (χ3n) is 9.73. The van der Waals surface area contributed by atoms with Crippen LogP contribution in [0.4, 0.5) is 5.69 Å². The molecule has 2 fully saturated rings. The number of rotatable bonds is 6. The van der Waals surface area contributed by atoms with Crippen LogP contribution >= 0.6 is 0 Å². The Kier molecular flexibility index (Phi) is 7.02. The molecule has 2 aromatic rings. The Morgan fingerprint density at radius 1 is 1.00 bits per heavy atom. The number of likely N-dealkylation sites (tertiary alicyclic amines) is 1. The lowest BCUT2D eigenvalue weighted by Crippen LogP contribution is -2.60. The van der Waals surface area contributed by atoms with Crippen molar-refractivity contribution in [1.82, 2.24) is 4.90 Å². The van der Waals surface area contributed by atoms with Crippen LogP contribution in [-0.4, -0.2) is 70.8 Å². The summed E-state index contributed by atoms with van der Waals surface area (Å²) in [5.41, 5.74) is -1.77. The van der Waals surface area contributed by atoms with Gasteiger partial charge >= 0.3 is 5.97 Å². The van der Waals surface area contributed by atoms with E-state index in [9.17, 15) is 19.5 Å². The fourth-order valence-electron chi connectivity index (χ4n) is 7.42. The van der Waals surface area contributed by atoms with E-state index in [-0.39, 0.29) is 37.5 Å². The van der Waals surface area contributed by atoms with Crippen molar-refractivity contribution >= 4 is 34.2 Å². The quantitative estimate of drug-likeness (QED) is 0.425. The topological polar surface area (TPSA) is 96.4 Å². The highest BCUT2D eigenvalue weighted by atomic mass is 16.6. The van der Waals surface area contributed by atoms with E-state index in [0.717, 1.165) is 10.8 Å². The first-order valence-corrected chi connectivity index (χ1v) is 14.8. The van der Waals surface area contributed by atoms with Gasteiger partial charge in [0.15, 0.2) is 0 Å². The van der Waals surface area contributed by atoms with Gasteiger partial charge in [-0.3, -0.25) is 14.4 Å². The molecule has 4 aliphatic heterocycles. The summed E-state index contributed by atoms with van der Waals surface area (Å²) in [7, 11) is 0. The SMILES string of the molecule is CC[C@H](C)[C@H](CO)N1C(=O)[C@@H]2[C@@H]3C(=O)OCCC=C[C@]3(CC)O[C@@]23C=CCN(c2ccc4ccccc4c2)C(=O)C13. The fraction of sp³-hybridized carbons (Fsp3) is 0.485. The van der Waals surface area contributed by atoms with Crippen molar-refractivity contribution < 1.29 is 29.0 Å². The minimum atomic E-state index is -1.39. The lowest BCUT2D eigenvalue weighted by Gasteiger charge is -2.42. The van der Waals surface area contributed by atoms with E-state index in [0.29, 0.717) is 24.9 Å². The summed E-state index contributed by atoms with van der Waals surface area (Å²) in [5, 5.41) is 12.7. The van der Waals surface area contributed by atoms with Crippen molar-refractivity contribution in [1.29, 1.82) is 0 Å². The number of fused-ring (bicyclic) bond motifs is 3. The monoisotopic (exact) mass is 558 g/mol. The van der Waals surface area contributed by atoms with Crippen LogP contribution in [0.15, 0.2) is 66.8 Å². The zero-order valence-corrected chi connectivity index (χ0v) is 23.9. The molecule has 0 saturated carbocycles. The number of hydrogen-bond donors (Lipinski definition) is 1. The Bertz CT molecular complexity index is 1440. The second-order valence-electron chi connectivity index (χ2n) is 11.7. The molecule has 4 aliphatic rings. The van der Waals surface area contributed by atoms with Crippen LogP contribution in [0.2, 0.25) is 0 Å². The van der Waals surface area contributed by atoms with E-state index in [1.165, 1.54) is 0 Å². The molecule has 8 heteroatoms. The number of aliphatic hydroxyl groups is 1. The second-order valence-corrected chi connectivity index (χ2v) is 11.7. The van der Waals surface area contributed by atoms with E-state index in [1.807, 2.05) is 87.5 Å².